The summed E-state index contributed by atoms with van der Waals surface area (Å²) < 4.78 is 0. The molecule has 0 aliphatic carbocycles. The van der Waals surface area contributed by atoms with Gasteiger partial charge in [-0.3, -0.25) is 0 Å². The molecule has 1 heteroatoms. The first-order valence-electron chi connectivity index (χ1n) is 13.0. The van der Waals surface area contributed by atoms with E-state index in [0.29, 0.717) is 0 Å². The van der Waals surface area contributed by atoms with E-state index in [1.165, 1.54) is 135 Å². The van der Waals surface area contributed by atoms with Crippen molar-refractivity contribution in [2.45, 2.75) is 156 Å². The molecule has 0 aromatic carbocycles. The quantitative estimate of drug-likeness (QED) is 0.169. The predicted octanol–water partition coefficient (Wildman–Crippen LogP) is 9.15. The molecule has 0 saturated carbocycles. The largest absolute Gasteiger partial charge is 0.301 e. The fraction of sp³-hybridized carbons (Fsp3) is 1.00. The van der Waals surface area contributed by atoms with Crippen molar-refractivity contribution in [3.8, 4) is 0 Å². The summed E-state index contributed by atoms with van der Waals surface area (Å²) in [6.07, 6.45) is 27.8. The van der Waals surface area contributed by atoms with E-state index in [-0.39, 0.29) is 0 Å². The van der Waals surface area contributed by atoms with Crippen LogP contribution in [0.3, 0.4) is 0 Å². The highest BCUT2D eigenvalue weighted by Gasteiger charge is 2.08. The fourth-order valence-electron chi connectivity index (χ4n) is 4.37. The third-order valence-corrected chi connectivity index (χ3v) is 6.41. The van der Waals surface area contributed by atoms with Crippen LogP contribution >= 0.6 is 0 Å². The molecule has 0 fully saturated rings. The topological polar surface area (TPSA) is 3.24 Å². The molecule has 164 valence electrons. The highest BCUT2D eigenvalue weighted by molar-refractivity contribution is 4.64. The minimum Gasteiger partial charge on any atom is -0.301 e. The lowest BCUT2D eigenvalue weighted by atomic mass is 10.0. The molecule has 0 N–H and O–H groups in total. The molecule has 0 spiro atoms. The average Bonchev–Trinajstić information content (AvgIpc) is 2.68. The smallest absolute Gasteiger partial charge is 0.00666 e. The predicted molar refractivity (Wildman–Crippen MR) is 126 cm³/mol. The minimum absolute atomic E-state index is 0.779. The summed E-state index contributed by atoms with van der Waals surface area (Å²) >= 11 is 0. The summed E-state index contributed by atoms with van der Waals surface area (Å²) in [6, 6.07) is 0.779. The zero-order chi connectivity index (χ0) is 20.0. The van der Waals surface area contributed by atoms with Crippen LogP contribution in [0.15, 0.2) is 0 Å². The molecule has 0 rings (SSSR count). The molecule has 0 radical (unpaired) electrons. The highest BCUT2D eigenvalue weighted by Crippen LogP contribution is 2.15. The van der Waals surface area contributed by atoms with Crippen LogP contribution < -0.4 is 0 Å². The lowest BCUT2D eigenvalue weighted by Gasteiger charge is -2.26. The van der Waals surface area contributed by atoms with Gasteiger partial charge in [0.2, 0.25) is 0 Å². The summed E-state index contributed by atoms with van der Waals surface area (Å²) in [6.45, 7) is 11.7. The van der Waals surface area contributed by atoms with Gasteiger partial charge in [-0.05, 0) is 26.4 Å². The first kappa shape index (κ1) is 27.0. The Morgan fingerprint density at radius 1 is 0.444 bits per heavy atom. The number of nitrogens with zero attached hydrogens (tertiary/aromatic N) is 1. The van der Waals surface area contributed by atoms with Gasteiger partial charge >= 0.3 is 0 Å². The molecule has 1 unspecified atom stereocenters. The lowest BCUT2D eigenvalue weighted by Crippen LogP contribution is -2.32. The highest BCUT2D eigenvalue weighted by atomic mass is 15.1. The van der Waals surface area contributed by atoms with Crippen molar-refractivity contribution in [2.75, 3.05) is 13.1 Å². The Balaban J connectivity index is 3.13. The maximum absolute atomic E-state index is 2.59. The molecular weight excluding hydrogens is 326 g/mol. The van der Waals surface area contributed by atoms with Gasteiger partial charge in [-0.1, -0.05) is 136 Å². The SMILES string of the molecule is CCCCCCCCCCCCCCCCCCCCC(C)N(CC)CC. The van der Waals surface area contributed by atoms with Gasteiger partial charge in [-0.25, -0.2) is 0 Å². The van der Waals surface area contributed by atoms with Crippen molar-refractivity contribution in [2.24, 2.45) is 0 Å². The number of unbranched alkanes of at least 4 members (excludes halogenated alkanes) is 17. The molecule has 0 aliphatic heterocycles. The van der Waals surface area contributed by atoms with Gasteiger partial charge in [0.25, 0.3) is 0 Å². The summed E-state index contributed by atoms with van der Waals surface area (Å²) in [5.74, 6) is 0. The molecule has 1 atom stereocenters. The second-order valence-electron chi connectivity index (χ2n) is 8.87. The van der Waals surface area contributed by atoms with Crippen molar-refractivity contribution in [3.63, 3.8) is 0 Å². The molecule has 0 saturated heterocycles. The Labute approximate surface area is 174 Å². The molecule has 0 amide bonds. The van der Waals surface area contributed by atoms with Crippen LogP contribution in [0.5, 0.6) is 0 Å². The van der Waals surface area contributed by atoms with Gasteiger partial charge in [-0.15, -0.1) is 0 Å². The maximum Gasteiger partial charge on any atom is 0.00666 e. The first-order valence-corrected chi connectivity index (χ1v) is 13.0. The monoisotopic (exact) mass is 381 g/mol. The van der Waals surface area contributed by atoms with Gasteiger partial charge in [0.15, 0.2) is 0 Å². The second-order valence-corrected chi connectivity index (χ2v) is 8.87. The van der Waals surface area contributed by atoms with Crippen LogP contribution in [0.25, 0.3) is 0 Å². The first-order chi connectivity index (χ1) is 13.3. The number of hydrogen-bond acceptors (Lipinski definition) is 1. The van der Waals surface area contributed by atoms with E-state index in [1.54, 1.807) is 0 Å². The average molecular weight is 382 g/mol. The maximum atomic E-state index is 2.59. The van der Waals surface area contributed by atoms with Gasteiger partial charge < -0.3 is 4.90 Å². The van der Waals surface area contributed by atoms with E-state index in [4.69, 9.17) is 0 Å². The molecule has 1 nitrogen and oxygen atoms in total. The van der Waals surface area contributed by atoms with E-state index in [0.717, 1.165) is 6.04 Å². The molecule has 0 aromatic rings. The summed E-state index contributed by atoms with van der Waals surface area (Å²) in [5.41, 5.74) is 0. The Kier molecular flexibility index (Phi) is 22.2. The molecule has 0 bridgehead atoms. The van der Waals surface area contributed by atoms with Crippen molar-refractivity contribution in [1.29, 1.82) is 0 Å². The number of hydrogen-bond donors (Lipinski definition) is 0. The van der Waals surface area contributed by atoms with Crippen LogP contribution in [0.1, 0.15) is 150 Å². The van der Waals surface area contributed by atoms with E-state index in [9.17, 15) is 0 Å². The zero-order valence-electron chi connectivity index (χ0n) is 19.9. The van der Waals surface area contributed by atoms with Crippen LogP contribution in [0.2, 0.25) is 0 Å². The van der Waals surface area contributed by atoms with Gasteiger partial charge in [0, 0.05) is 6.04 Å². The lowest BCUT2D eigenvalue weighted by molar-refractivity contribution is 0.217. The molecule has 27 heavy (non-hydrogen) atoms. The van der Waals surface area contributed by atoms with Crippen LogP contribution in [-0.2, 0) is 0 Å². The van der Waals surface area contributed by atoms with Gasteiger partial charge in [0.1, 0.15) is 0 Å². The third-order valence-electron chi connectivity index (χ3n) is 6.41. The van der Waals surface area contributed by atoms with Crippen molar-refractivity contribution < 1.29 is 0 Å². The standard InChI is InChI=1S/C26H55N/c1-5-8-9-10-11-12-13-14-15-16-17-18-19-20-21-22-23-24-25-26(4)27(6-2)7-3/h26H,5-25H2,1-4H3. The summed E-state index contributed by atoms with van der Waals surface area (Å²) in [7, 11) is 0. The van der Waals surface area contributed by atoms with Crippen molar-refractivity contribution >= 4 is 0 Å². The fourth-order valence-corrected chi connectivity index (χ4v) is 4.37. The molecular formula is C26H55N. The van der Waals surface area contributed by atoms with E-state index >= 15 is 0 Å². The van der Waals surface area contributed by atoms with E-state index < -0.39 is 0 Å². The van der Waals surface area contributed by atoms with E-state index in [2.05, 4.69) is 32.6 Å². The Bertz CT molecular complexity index is 259. The normalized spacial score (nSPS) is 12.8. The van der Waals surface area contributed by atoms with Crippen LogP contribution in [0, 0.1) is 0 Å². The summed E-state index contributed by atoms with van der Waals surface area (Å²) in [5, 5.41) is 0. The molecule has 0 aromatic heterocycles. The minimum atomic E-state index is 0.779. The van der Waals surface area contributed by atoms with Gasteiger partial charge in [0.05, 0.1) is 0 Å². The second kappa shape index (κ2) is 22.3. The molecule has 0 aliphatic rings. The van der Waals surface area contributed by atoms with Crippen molar-refractivity contribution in [3.05, 3.63) is 0 Å². The Morgan fingerprint density at radius 3 is 1.04 bits per heavy atom. The number of rotatable bonds is 22. The molecule has 0 heterocycles. The summed E-state index contributed by atoms with van der Waals surface area (Å²) in [4.78, 5) is 2.59. The third kappa shape index (κ3) is 19.1. The Hall–Kier alpha value is -0.0400. The Morgan fingerprint density at radius 2 is 0.741 bits per heavy atom. The van der Waals surface area contributed by atoms with Crippen LogP contribution in [0.4, 0.5) is 0 Å². The zero-order valence-corrected chi connectivity index (χ0v) is 19.9. The van der Waals surface area contributed by atoms with Gasteiger partial charge in [-0.2, -0.15) is 0 Å². The van der Waals surface area contributed by atoms with E-state index in [1.807, 2.05) is 0 Å². The van der Waals surface area contributed by atoms with Crippen molar-refractivity contribution in [1.82, 2.24) is 4.90 Å². The van der Waals surface area contributed by atoms with Crippen LogP contribution in [-0.4, -0.2) is 24.0 Å².